The van der Waals surface area contributed by atoms with Crippen LogP contribution in [0.4, 0.5) is 26.3 Å². The lowest BCUT2D eigenvalue weighted by molar-refractivity contribution is -0.323. The number of phenolic OH excluding ortho intramolecular Hbond substituents is 3. The van der Waals surface area contributed by atoms with Crippen molar-refractivity contribution in [1.82, 2.24) is 0 Å². The van der Waals surface area contributed by atoms with Crippen LogP contribution in [0.3, 0.4) is 0 Å². The SMILES string of the molecule is Oc1ccc(C(F)(c2ccccc2)C(F)(F)C(F)(F)F)c(O)c1O. The first-order chi connectivity index (χ1) is 10.9. The molecule has 2 aromatic rings. The van der Waals surface area contributed by atoms with E-state index in [1.54, 1.807) is 0 Å². The molecule has 0 saturated carbocycles. The van der Waals surface area contributed by atoms with Crippen molar-refractivity contribution in [2.75, 3.05) is 0 Å². The van der Waals surface area contributed by atoms with E-state index in [0.29, 0.717) is 24.3 Å². The quantitative estimate of drug-likeness (QED) is 0.573. The van der Waals surface area contributed by atoms with E-state index >= 15 is 4.39 Å². The summed E-state index contributed by atoms with van der Waals surface area (Å²) in [6, 6.07) is 5.54. The molecule has 0 saturated heterocycles. The monoisotopic (exact) mass is 352 g/mol. The molecule has 0 bridgehead atoms. The van der Waals surface area contributed by atoms with Crippen molar-refractivity contribution < 1.29 is 41.7 Å². The smallest absolute Gasteiger partial charge is 0.457 e. The van der Waals surface area contributed by atoms with E-state index < -0.39 is 46.1 Å². The molecule has 1 unspecified atom stereocenters. The molecule has 0 aliphatic carbocycles. The molecule has 2 aromatic carbocycles. The zero-order valence-electron chi connectivity index (χ0n) is 11.7. The third-order valence-electron chi connectivity index (χ3n) is 3.46. The number of benzene rings is 2. The molecule has 0 amide bonds. The average molecular weight is 352 g/mol. The topological polar surface area (TPSA) is 60.7 Å². The second kappa shape index (κ2) is 5.50. The Balaban J connectivity index is 2.87. The van der Waals surface area contributed by atoms with Gasteiger partial charge in [-0.25, -0.2) is 4.39 Å². The van der Waals surface area contributed by atoms with Crippen LogP contribution >= 0.6 is 0 Å². The van der Waals surface area contributed by atoms with Crippen molar-refractivity contribution in [3.8, 4) is 17.2 Å². The normalized spacial score (nSPS) is 15.1. The maximum Gasteiger partial charge on any atom is 0.457 e. The van der Waals surface area contributed by atoms with Gasteiger partial charge < -0.3 is 15.3 Å². The molecule has 0 spiro atoms. The lowest BCUT2D eigenvalue weighted by atomic mass is 9.81. The highest BCUT2D eigenvalue weighted by Gasteiger charge is 2.73. The van der Waals surface area contributed by atoms with Crippen molar-refractivity contribution in [2.24, 2.45) is 0 Å². The fourth-order valence-corrected chi connectivity index (χ4v) is 2.22. The van der Waals surface area contributed by atoms with Crippen LogP contribution in [0.2, 0.25) is 0 Å². The first-order valence-corrected chi connectivity index (χ1v) is 6.38. The van der Waals surface area contributed by atoms with E-state index in [1.165, 1.54) is 6.07 Å². The standard InChI is InChI=1S/C15H10F6O3/c16-13(8-4-2-1-3-5-8,14(17,18)15(19,20)21)9-6-7-10(22)12(24)11(9)23/h1-7,22-24H. The highest BCUT2D eigenvalue weighted by Crippen LogP contribution is 2.57. The Hall–Kier alpha value is -2.58. The number of halogens is 6. The van der Waals surface area contributed by atoms with Gasteiger partial charge in [-0.15, -0.1) is 0 Å². The third kappa shape index (κ3) is 2.40. The largest absolute Gasteiger partial charge is 0.504 e. The summed E-state index contributed by atoms with van der Waals surface area (Å²) in [5.41, 5.74) is -7.17. The summed E-state index contributed by atoms with van der Waals surface area (Å²) in [6.45, 7) is 0. The fraction of sp³-hybridized carbons (Fsp3) is 0.200. The summed E-state index contributed by atoms with van der Waals surface area (Å²) in [5.74, 6) is -9.99. The van der Waals surface area contributed by atoms with Crippen LogP contribution < -0.4 is 0 Å². The molecule has 3 N–H and O–H groups in total. The molecule has 0 radical (unpaired) electrons. The van der Waals surface area contributed by atoms with E-state index in [-0.39, 0.29) is 0 Å². The molecule has 1 atom stereocenters. The van der Waals surface area contributed by atoms with Crippen LogP contribution in [0.5, 0.6) is 17.2 Å². The number of aromatic hydroxyl groups is 3. The third-order valence-corrected chi connectivity index (χ3v) is 3.46. The van der Waals surface area contributed by atoms with Crippen molar-refractivity contribution in [1.29, 1.82) is 0 Å². The summed E-state index contributed by atoms with van der Waals surface area (Å²) in [5, 5.41) is 28.2. The maximum atomic E-state index is 15.3. The van der Waals surface area contributed by atoms with E-state index in [0.717, 1.165) is 12.1 Å². The van der Waals surface area contributed by atoms with E-state index in [2.05, 4.69) is 0 Å². The van der Waals surface area contributed by atoms with Gasteiger partial charge in [0, 0.05) is 11.1 Å². The lowest BCUT2D eigenvalue weighted by Crippen LogP contribution is -2.53. The minimum absolute atomic E-state index is 0.344. The highest BCUT2D eigenvalue weighted by atomic mass is 19.4. The van der Waals surface area contributed by atoms with Gasteiger partial charge in [0.05, 0.1) is 0 Å². The van der Waals surface area contributed by atoms with E-state index in [1.807, 2.05) is 0 Å². The van der Waals surface area contributed by atoms with Crippen LogP contribution in [0.25, 0.3) is 0 Å². The maximum absolute atomic E-state index is 15.3. The van der Waals surface area contributed by atoms with E-state index in [9.17, 15) is 37.3 Å². The van der Waals surface area contributed by atoms with Gasteiger partial charge in [0.25, 0.3) is 0 Å². The Bertz CT molecular complexity index is 745. The lowest BCUT2D eigenvalue weighted by Gasteiger charge is -2.35. The number of alkyl halides is 6. The molecule has 2 rings (SSSR count). The van der Waals surface area contributed by atoms with Crippen LogP contribution in [0, 0.1) is 0 Å². The Kier molecular flexibility index (Phi) is 4.07. The summed E-state index contributed by atoms with van der Waals surface area (Å²) >= 11 is 0. The fourth-order valence-electron chi connectivity index (χ4n) is 2.22. The molecule has 0 heterocycles. The molecule has 9 heteroatoms. The molecule has 3 nitrogen and oxygen atoms in total. The van der Waals surface area contributed by atoms with Crippen molar-refractivity contribution in [3.05, 3.63) is 53.6 Å². The first kappa shape index (κ1) is 17.8. The summed E-state index contributed by atoms with van der Waals surface area (Å²) in [6.07, 6.45) is -6.29. The van der Waals surface area contributed by atoms with Gasteiger partial charge in [-0.1, -0.05) is 30.3 Å². The van der Waals surface area contributed by atoms with Gasteiger partial charge in [0.15, 0.2) is 11.5 Å². The van der Waals surface area contributed by atoms with Gasteiger partial charge in [-0.2, -0.15) is 22.0 Å². The van der Waals surface area contributed by atoms with Crippen LogP contribution in [0.1, 0.15) is 11.1 Å². The van der Waals surface area contributed by atoms with Gasteiger partial charge >= 0.3 is 12.1 Å². The number of hydrogen-bond donors (Lipinski definition) is 3. The second-order valence-electron chi connectivity index (χ2n) is 4.93. The van der Waals surface area contributed by atoms with Gasteiger partial charge in [0.2, 0.25) is 11.4 Å². The summed E-state index contributed by atoms with van der Waals surface area (Å²) < 4.78 is 81.8. The molecular weight excluding hydrogens is 342 g/mol. The molecular formula is C15H10F6O3. The minimum Gasteiger partial charge on any atom is -0.504 e. The van der Waals surface area contributed by atoms with Crippen molar-refractivity contribution in [3.63, 3.8) is 0 Å². The minimum atomic E-state index is -6.29. The Morgan fingerprint density at radius 2 is 1.21 bits per heavy atom. The summed E-state index contributed by atoms with van der Waals surface area (Å²) in [7, 11) is 0. The number of rotatable bonds is 3. The van der Waals surface area contributed by atoms with Crippen molar-refractivity contribution in [2.45, 2.75) is 17.8 Å². The molecule has 0 aliphatic heterocycles. The molecule has 0 aromatic heterocycles. The van der Waals surface area contributed by atoms with Crippen molar-refractivity contribution >= 4 is 0 Å². The predicted molar refractivity (Wildman–Crippen MR) is 70.8 cm³/mol. The molecule has 0 fully saturated rings. The number of hydrogen-bond acceptors (Lipinski definition) is 3. The Morgan fingerprint density at radius 3 is 1.71 bits per heavy atom. The summed E-state index contributed by atoms with van der Waals surface area (Å²) in [4.78, 5) is 0. The second-order valence-corrected chi connectivity index (χ2v) is 4.93. The Morgan fingerprint density at radius 1 is 0.667 bits per heavy atom. The molecule has 0 aliphatic rings. The predicted octanol–water partition coefficient (Wildman–Crippen LogP) is 4.21. The Labute approximate surface area is 131 Å². The molecule has 130 valence electrons. The zero-order chi connectivity index (χ0) is 18.3. The van der Waals surface area contributed by atoms with Gasteiger partial charge in [-0.3, -0.25) is 0 Å². The van der Waals surface area contributed by atoms with Crippen LogP contribution in [-0.2, 0) is 5.67 Å². The average Bonchev–Trinajstić information content (AvgIpc) is 2.51. The van der Waals surface area contributed by atoms with E-state index in [4.69, 9.17) is 0 Å². The van der Waals surface area contributed by atoms with Gasteiger partial charge in [-0.05, 0) is 12.1 Å². The highest BCUT2D eigenvalue weighted by molar-refractivity contribution is 5.58. The number of phenols is 3. The van der Waals surface area contributed by atoms with Crippen LogP contribution in [0.15, 0.2) is 42.5 Å². The molecule has 24 heavy (non-hydrogen) atoms. The zero-order valence-corrected chi connectivity index (χ0v) is 11.7. The first-order valence-electron chi connectivity index (χ1n) is 6.38. The van der Waals surface area contributed by atoms with Gasteiger partial charge in [0.1, 0.15) is 0 Å². The van der Waals surface area contributed by atoms with Crippen LogP contribution in [-0.4, -0.2) is 27.4 Å².